The third kappa shape index (κ3) is 8.04. The lowest BCUT2D eigenvalue weighted by atomic mass is 10.1. The lowest BCUT2D eigenvalue weighted by molar-refractivity contribution is -0.116. The molecule has 1 aliphatic heterocycles. The van der Waals surface area contributed by atoms with Crippen LogP contribution in [-0.2, 0) is 14.3 Å². The maximum absolute atomic E-state index is 12.1. The molecule has 7 nitrogen and oxygen atoms in total. The molecule has 3 N–H and O–H groups in total. The molecule has 0 aromatic heterocycles. The van der Waals surface area contributed by atoms with Gasteiger partial charge in [0.2, 0.25) is 5.91 Å². The first-order chi connectivity index (χ1) is 13.6. The number of guanidine groups is 1. The molecule has 0 bridgehead atoms. The van der Waals surface area contributed by atoms with Crippen molar-refractivity contribution in [2.75, 3.05) is 51.9 Å². The topological polar surface area (TPSA) is 84.0 Å². The first-order valence-corrected chi connectivity index (χ1v) is 10.1. The van der Waals surface area contributed by atoms with Crippen LogP contribution in [0.5, 0.6) is 0 Å². The van der Waals surface area contributed by atoms with Crippen LogP contribution in [0.3, 0.4) is 0 Å². The summed E-state index contributed by atoms with van der Waals surface area (Å²) < 4.78 is 11.0. The van der Waals surface area contributed by atoms with Gasteiger partial charge < -0.3 is 25.4 Å². The third-order valence-corrected chi connectivity index (χ3v) is 4.95. The Bertz CT molecular complexity index is 648. The number of amides is 1. The minimum absolute atomic E-state index is 0.0717. The molecule has 8 heteroatoms. The van der Waals surface area contributed by atoms with Gasteiger partial charge in [-0.3, -0.25) is 9.79 Å². The standard InChI is InChI=1S/C20H31ClN4O3/c1-15-17(21)5-3-6-18(15)25-19(26)7-10-24-20(22-2)23-9-4-11-27-13-16-8-12-28-14-16/h3,5-6,16H,4,7-14H2,1-2H3,(H,25,26)(H2,22,23,24). The number of hydrogen-bond donors (Lipinski definition) is 3. The van der Waals surface area contributed by atoms with Crippen LogP contribution in [-0.4, -0.2) is 58.4 Å². The molecule has 1 aromatic carbocycles. The molecule has 28 heavy (non-hydrogen) atoms. The van der Waals surface area contributed by atoms with Crippen molar-refractivity contribution >= 4 is 29.2 Å². The Labute approximate surface area is 172 Å². The Morgan fingerprint density at radius 2 is 2.18 bits per heavy atom. The molecule has 0 saturated carbocycles. The lowest BCUT2D eigenvalue weighted by Crippen LogP contribution is -2.39. The molecule has 1 aromatic rings. The molecule has 1 amide bonds. The van der Waals surface area contributed by atoms with E-state index in [-0.39, 0.29) is 5.91 Å². The quantitative estimate of drug-likeness (QED) is 0.313. The fourth-order valence-electron chi connectivity index (χ4n) is 2.82. The van der Waals surface area contributed by atoms with Crippen molar-refractivity contribution in [1.29, 1.82) is 0 Å². The first-order valence-electron chi connectivity index (χ1n) is 9.75. The number of carbonyl (C=O) groups is 1. The maximum Gasteiger partial charge on any atom is 0.226 e. The number of ether oxygens (including phenoxy) is 2. The number of carbonyl (C=O) groups excluding carboxylic acids is 1. The Hall–Kier alpha value is -1.83. The van der Waals surface area contributed by atoms with Gasteiger partial charge in [0, 0.05) is 56.4 Å². The summed E-state index contributed by atoms with van der Waals surface area (Å²) in [5.41, 5.74) is 1.61. The highest BCUT2D eigenvalue weighted by molar-refractivity contribution is 6.31. The van der Waals surface area contributed by atoms with Gasteiger partial charge in [0.25, 0.3) is 0 Å². The van der Waals surface area contributed by atoms with E-state index in [1.54, 1.807) is 13.1 Å². The van der Waals surface area contributed by atoms with E-state index in [0.717, 1.165) is 50.5 Å². The summed E-state index contributed by atoms with van der Waals surface area (Å²) in [6.45, 7) is 6.29. The number of nitrogens with zero attached hydrogens (tertiary/aromatic N) is 1. The van der Waals surface area contributed by atoms with Gasteiger partial charge in [-0.1, -0.05) is 17.7 Å². The molecule has 1 unspecified atom stereocenters. The number of anilines is 1. The Kier molecular flexibility index (Phi) is 10.1. The number of benzene rings is 1. The molecule has 1 atom stereocenters. The second-order valence-electron chi connectivity index (χ2n) is 6.79. The van der Waals surface area contributed by atoms with Gasteiger partial charge in [-0.05, 0) is 37.5 Å². The van der Waals surface area contributed by atoms with Gasteiger partial charge in [-0.2, -0.15) is 0 Å². The Morgan fingerprint density at radius 1 is 1.36 bits per heavy atom. The summed E-state index contributed by atoms with van der Waals surface area (Å²) in [5, 5.41) is 9.89. The number of halogens is 1. The predicted octanol–water partition coefficient (Wildman–Crippen LogP) is 2.59. The van der Waals surface area contributed by atoms with Crippen LogP contribution < -0.4 is 16.0 Å². The minimum Gasteiger partial charge on any atom is -0.381 e. The SMILES string of the molecule is CN=C(NCCCOCC1CCOC1)NCCC(=O)Nc1cccc(Cl)c1C. The average molecular weight is 411 g/mol. The molecule has 0 spiro atoms. The summed E-state index contributed by atoms with van der Waals surface area (Å²) in [7, 11) is 1.71. The molecule has 2 rings (SSSR count). The number of nitrogens with one attached hydrogen (secondary N) is 3. The molecule has 156 valence electrons. The molecule has 1 heterocycles. The summed E-state index contributed by atoms with van der Waals surface area (Å²) >= 11 is 6.07. The van der Waals surface area contributed by atoms with Crippen molar-refractivity contribution in [1.82, 2.24) is 10.6 Å². The van der Waals surface area contributed by atoms with E-state index in [4.69, 9.17) is 21.1 Å². The van der Waals surface area contributed by atoms with E-state index in [1.807, 2.05) is 19.1 Å². The van der Waals surface area contributed by atoms with E-state index in [0.29, 0.717) is 36.5 Å². The summed E-state index contributed by atoms with van der Waals surface area (Å²) in [6.07, 6.45) is 2.32. The van der Waals surface area contributed by atoms with Crippen LogP contribution in [0.25, 0.3) is 0 Å². The summed E-state index contributed by atoms with van der Waals surface area (Å²) in [5.74, 6) is 1.15. The van der Waals surface area contributed by atoms with Crippen LogP contribution in [0, 0.1) is 12.8 Å². The molecule has 0 radical (unpaired) electrons. The summed E-state index contributed by atoms with van der Waals surface area (Å²) in [6, 6.07) is 5.47. The normalized spacial score (nSPS) is 16.8. The van der Waals surface area contributed by atoms with Gasteiger partial charge >= 0.3 is 0 Å². The highest BCUT2D eigenvalue weighted by atomic mass is 35.5. The zero-order valence-electron chi connectivity index (χ0n) is 16.7. The van der Waals surface area contributed by atoms with Gasteiger partial charge in [-0.25, -0.2) is 0 Å². The highest BCUT2D eigenvalue weighted by Crippen LogP contribution is 2.22. The lowest BCUT2D eigenvalue weighted by Gasteiger charge is -2.13. The monoisotopic (exact) mass is 410 g/mol. The van der Waals surface area contributed by atoms with Gasteiger partial charge in [0.05, 0.1) is 13.2 Å². The van der Waals surface area contributed by atoms with Crippen molar-refractivity contribution in [3.05, 3.63) is 28.8 Å². The zero-order chi connectivity index (χ0) is 20.2. The van der Waals surface area contributed by atoms with Gasteiger partial charge in [0.1, 0.15) is 0 Å². The largest absolute Gasteiger partial charge is 0.381 e. The van der Waals surface area contributed by atoms with Gasteiger partial charge in [-0.15, -0.1) is 0 Å². The number of hydrogen-bond acceptors (Lipinski definition) is 4. The van der Waals surface area contributed by atoms with E-state index in [9.17, 15) is 4.79 Å². The predicted molar refractivity (Wildman–Crippen MR) is 113 cm³/mol. The molecular formula is C20H31ClN4O3. The second kappa shape index (κ2) is 12.6. The fourth-order valence-corrected chi connectivity index (χ4v) is 2.99. The van der Waals surface area contributed by atoms with Crippen LogP contribution >= 0.6 is 11.6 Å². The smallest absolute Gasteiger partial charge is 0.226 e. The van der Waals surface area contributed by atoms with Crippen LogP contribution in [0.15, 0.2) is 23.2 Å². The van der Waals surface area contributed by atoms with Crippen molar-refractivity contribution in [3.8, 4) is 0 Å². The van der Waals surface area contributed by atoms with E-state index >= 15 is 0 Å². The third-order valence-electron chi connectivity index (χ3n) is 4.55. The minimum atomic E-state index is -0.0717. The molecule has 1 saturated heterocycles. The summed E-state index contributed by atoms with van der Waals surface area (Å²) in [4.78, 5) is 16.3. The van der Waals surface area contributed by atoms with Crippen molar-refractivity contribution in [2.45, 2.75) is 26.2 Å². The van der Waals surface area contributed by atoms with Crippen molar-refractivity contribution in [3.63, 3.8) is 0 Å². The zero-order valence-corrected chi connectivity index (χ0v) is 17.5. The molecule has 0 aliphatic carbocycles. The van der Waals surface area contributed by atoms with Crippen molar-refractivity contribution in [2.24, 2.45) is 10.9 Å². The molecular weight excluding hydrogens is 380 g/mol. The second-order valence-corrected chi connectivity index (χ2v) is 7.20. The van der Waals surface area contributed by atoms with E-state index in [1.165, 1.54) is 0 Å². The van der Waals surface area contributed by atoms with Crippen LogP contribution in [0.4, 0.5) is 5.69 Å². The highest BCUT2D eigenvalue weighted by Gasteiger charge is 2.15. The van der Waals surface area contributed by atoms with Crippen LogP contribution in [0.2, 0.25) is 5.02 Å². The van der Waals surface area contributed by atoms with Crippen LogP contribution in [0.1, 0.15) is 24.8 Å². The number of rotatable bonds is 10. The number of aliphatic imine (C=N–C) groups is 1. The first kappa shape index (κ1) is 22.5. The van der Waals surface area contributed by atoms with Gasteiger partial charge in [0.15, 0.2) is 5.96 Å². The Morgan fingerprint density at radius 3 is 2.93 bits per heavy atom. The maximum atomic E-state index is 12.1. The van der Waals surface area contributed by atoms with E-state index < -0.39 is 0 Å². The molecule has 1 aliphatic rings. The molecule has 1 fully saturated rings. The van der Waals surface area contributed by atoms with Crippen molar-refractivity contribution < 1.29 is 14.3 Å². The fraction of sp³-hybridized carbons (Fsp3) is 0.600. The Balaban J connectivity index is 1.55. The van der Waals surface area contributed by atoms with E-state index in [2.05, 4.69) is 20.9 Å². The average Bonchev–Trinajstić information content (AvgIpc) is 3.20.